The summed E-state index contributed by atoms with van der Waals surface area (Å²) in [5.74, 6) is 0.366. The number of aromatic hydroxyl groups is 1. The van der Waals surface area contributed by atoms with Crippen molar-refractivity contribution in [3.8, 4) is 5.75 Å². The molecule has 0 aliphatic heterocycles. The van der Waals surface area contributed by atoms with Gasteiger partial charge in [-0.1, -0.05) is 32.9 Å². The molecule has 0 heterocycles. The van der Waals surface area contributed by atoms with E-state index >= 15 is 0 Å². The largest absolute Gasteiger partial charge is 0.508 e. The molecule has 0 fully saturated rings. The lowest BCUT2D eigenvalue weighted by Crippen LogP contribution is -2.19. The van der Waals surface area contributed by atoms with Crippen molar-refractivity contribution >= 4 is 0 Å². The van der Waals surface area contributed by atoms with Crippen LogP contribution in [0.4, 0.5) is 0 Å². The van der Waals surface area contributed by atoms with Gasteiger partial charge < -0.3 is 5.11 Å². The van der Waals surface area contributed by atoms with E-state index in [1.54, 1.807) is 6.07 Å². The minimum atomic E-state index is 0.207. The quantitative estimate of drug-likeness (QED) is 0.751. The van der Waals surface area contributed by atoms with Crippen LogP contribution in [0.3, 0.4) is 0 Å². The van der Waals surface area contributed by atoms with Crippen LogP contribution in [0, 0.1) is 0 Å². The van der Waals surface area contributed by atoms with Gasteiger partial charge in [-0.3, -0.25) is 0 Å². The molecule has 1 N–H and O–H groups in total. The predicted octanol–water partition coefficient (Wildman–Crippen LogP) is 3.47. The first-order valence-corrected chi connectivity index (χ1v) is 4.92. The molecule has 0 bridgehead atoms. The smallest absolute Gasteiger partial charge is 0.115 e. The molecule has 0 unspecified atom stereocenters. The van der Waals surface area contributed by atoms with Gasteiger partial charge in [0.25, 0.3) is 0 Å². The number of phenols is 1. The Kier molecular flexibility index (Phi) is 2.97. The van der Waals surface area contributed by atoms with E-state index in [4.69, 9.17) is 0 Å². The summed E-state index contributed by atoms with van der Waals surface area (Å²) in [5.41, 5.74) is 1.44. The summed E-state index contributed by atoms with van der Waals surface area (Å²) in [5, 5.41) is 9.37. The molecule has 0 atom stereocenters. The first-order valence-electron chi connectivity index (χ1n) is 4.92. The van der Waals surface area contributed by atoms with Crippen molar-refractivity contribution in [2.24, 2.45) is 0 Å². The maximum Gasteiger partial charge on any atom is 0.115 e. The summed E-state index contributed by atoms with van der Waals surface area (Å²) in [6, 6.07) is 7.59. The Morgan fingerprint density at radius 2 is 1.85 bits per heavy atom. The Hall–Kier alpha value is -0.980. The molecule has 0 amide bonds. The van der Waals surface area contributed by atoms with Gasteiger partial charge in [0, 0.05) is 0 Å². The van der Waals surface area contributed by atoms with Crippen molar-refractivity contribution in [2.45, 2.75) is 39.0 Å². The van der Waals surface area contributed by atoms with E-state index in [0.29, 0.717) is 5.75 Å². The molecule has 0 aliphatic carbocycles. The van der Waals surface area contributed by atoms with E-state index in [1.807, 2.05) is 12.1 Å². The van der Waals surface area contributed by atoms with Crippen LogP contribution in [0.25, 0.3) is 0 Å². The fourth-order valence-electron chi connectivity index (χ4n) is 1.54. The van der Waals surface area contributed by atoms with Gasteiger partial charge >= 0.3 is 0 Å². The zero-order valence-corrected chi connectivity index (χ0v) is 8.67. The Balaban J connectivity index is 3.05. The predicted molar refractivity (Wildman–Crippen MR) is 56.0 cm³/mol. The van der Waals surface area contributed by atoms with Crippen LogP contribution in [0.2, 0.25) is 0 Å². The van der Waals surface area contributed by atoms with Gasteiger partial charge in [0.1, 0.15) is 5.75 Å². The Morgan fingerprint density at radius 1 is 1.23 bits per heavy atom. The number of hydrogen-bond donors (Lipinski definition) is 1. The number of benzene rings is 1. The zero-order valence-electron chi connectivity index (χ0n) is 8.67. The highest BCUT2D eigenvalue weighted by Crippen LogP contribution is 2.32. The summed E-state index contributed by atoms with van der Waals surface area (Å²) in [6.45, 7) is 6.61. The maximum absolute atomic E-state index is 9.37. The van der Waals surface area contributed by atoms with Gasteiger partial charge in [-0.15, -0.1) is 0 Å². The average Bonchev–Trinajstić information content (AvgIpc) is 2.17. The zero-order chi connectivity index (χ0) is 9.90. The van der Waals surface area contributed by atoms with Crippen LogP contribution in [-0.2, 0) is 5.41 Å². The van der Waals surface area contributed by atoms with Gasteiger partial charge in [-0.05, 0) is 36.0 Å². The van der Waals surface area contributed by atoms with Crippen molar-refractivity contribution in [2.75, 3.05) is 0 Å². The van der Waals surface area contributed by atoms with Crippen molar-refractivity contribution in [3.63, 3.8) is 0 Å². The molecule has 0 spiro atoms. The van der Waals surface area contributed by atoms with Gasteiger partial charge in [0.2, 0.25) is 0 Å². The molecule has 0 radical (unpaired) electrons. The topological polar surface area (TPSA) is 20.2 Å². The summed E-state index contributed by atoms with van der Waals surface area (Å²) in [4.78, 5) is 0. The first-order chi connectivity index (χ1) is 6.12. The van der Waals surface area contributed by atoms with Crippen LogP contribution < -0.4 is 0 Å². The summed E-state index contributed by atoms with van der Waals surface area (Å²) >= 11 is 0. The molecular formula is C12H18O. The monoisotopic (exact) mass is 178 g/mol. The second kappa shape index (κ2) is 3.82. The van der Waals surface area contributed by atoms with Crippen LogP contribution in [0.5, 0.6) is 5.75 Å². The molecule has 0 saturated carbocycles. The van der Waals surface area contributed by atoms with Crippen LogP contribution >= 0.6 is 0 Å². The van der Waals surface area contributed by atoms with E-state index in [0.717, 1.165) is 12.8 Å². The lowest BCUT2D eigenvalue weighted by Gasteiger charge is -2.27. The van der Waals surface area contributed by atoms with Crippen LogP contribution in [-0.4, -0.2) is 5.11 Å². The number of hydrogen-bond acceptors (Lipinski definition) is 1. The Bertz CT molecular complexity index is 274. The van der Waals surface area contributed by atoms with Crippen molar-refractivity contribution in [3.05, 3.63) is 29.8 Å². The van der Waals surface area contributed by atoms with E-state index in [1.165, 1.54) is 5.56 Å². The third-order valence-electron chi connectivity index (χ3n) is 3.10. The van der Waals surface area contributed by atoms with Crippen LogP contribution in [0.15, 0.2) is 24.3 Å². The molecule has 0 aromatic heterocycles. The molecule has 1 heteroatoms. The highest BCUT2D eigenvalue weighted by Gasteiger charge is 2.21. The summed E-state index contributed by atoms with van der Waals surface area (Å²) in [6.07, 6.45) is 2.21. The van der Waals surface area contributed by atoms with Gasteiger partial charge in [-0.25, -0.2) is 0 Å². The van der Waals surface area contributed by atoms with Gasteiger partial charge in [-0.2, -0.15) is 0 Å². The highest BCUT2D eigenvalue weighted by atomic mass is 16.3. The first kappa shape index (κ1) is 10.1. The molecule has 1 aromatic carbocycles. The minimum Gasteiger partial charge on any atom is -0.508 e. The highest BCUT2D eigenvalue weighted by molar-refractivity contribution is 5.32. The fraction of sp³-hybridized carbons (Fsp3) is 0.500. The minimum absolute atomic E-state index is 0.207. The summed E-state index contributed by atoms with van der Waals surface area (Å²) < 4.78 is 0. The van der Waals surface area contributed by atoms with Crippen molar-refractivity contribution < 1.29 is 5.11 Å². The molecule has 1 nitrogen and oxygen atoms in total. The molecule has 13 heavy (non-hydrogen) atoms. The Morgan fingerprint density at radius 3 is 2.31 bits per heavy atom. The maximum atomic E-state index is 9.37. The number of phenolic OH excluding ortho intramolecular Hbond substituents is 1. The standard InChI is InChI=1S/C12H18O/c1-4-12(3,5-2)10-7-6-8-11(13)9-10/h6-9,13H,4-5H2,1-3H3. The third kappa shape index (κ3) is 2.03. The molecule has 0 aliphatic rings. The van der Waals surface area contributed by atoms with Crippen LogP contribution in [0.1, 0.15) is 39.2 Å². The fourth-order valence-corrected chi connectivity index (χ4v) is 1.54. The summed E-state index contributed by atoms with van der Waals surface area (Å²) in [7, 11) is 0. The second-order valence-electron chi connectivity index (χ2n) is 3.82. The molecule has 1 rings (SSSR count). The normalized spacial score (nSPS) is 11.6. The lowest BCUT2D eigenvalue weighted by atomic mass is 9.78. The van der Waals surface area contributed by atoms with E-state index in [2.05, 4.69) is 26.8 Å². The molecular weight excluding hydrogens is 160 g/mol. The van der Waals surface area contributed by atoms with E-state index in [9.17, 15) is 5.11 Å². The molecule has 1 aromatic rings. The Labute approximate surface area is 80.4 Å². The van der Waals surface area contributed by atoms with Gasteiger partial charge in [0.15, 0.2) is 0 Å². The van der Waals surface area contributed by atoms with Crippen molar-refractivity contribution in [1.82, 2.24) is 0 Å². The SMILES string of the molecule is CCC(C)(CC)c1cccc(O)c1. The second-order valence-corrected chi connectivity index (χ2v) is 3.82. The molecule has 72 valence electrons. The average molecular weight is 178 g/mol. The van der Waals surface area contributed by atoms with E-state index < -0.39 is 0 Å². The third-order valence-corrected chi connectivity index (χ3v) is 3.10. The van der Waals surface area contributed by atoms with Crippen molar-refractivity contribution in [1.29, 1.82) is 0 Å². The number of rotatable bonds is 3. The lowest BCUT2D eigenvalue weighted by molar-refractivity contribution is 0.430. The van der Waals surface area contributed by atoms with Gasteiger partial charge in [0.05, 0.1) is 0 Å². The van der Waals surface area contributed by atoms with E-state index in [-0.39, 0.29) is 5.41 Å². The molecule has 0 saturated heterocycles.